The van der Waals surface area contributed by atoms with E-state index >= 15 is 0 Å². The molecule has 0 aromatic heterocycles. The summed E-state index contributed by atoms with van der Waals surface area (Å²) in [5, 5.41) is 9.17. The first kappa shape index (κ1) is 13.7. The number of likely N-dealkylation sites (tertiary alicyclic amines) is 1. The van der Waals surface area contributed by atoms with E-state index in [1.54, 1.807) is 0 Å². The van der Waals surface area contributed by atoms with Gasteiger partial charge in [-0.15, -0.1) is 0 Å². The van der Waals surface area contributed by atoms with Crippen LogP contribution in [0.1, 0.15) is 30.9 Å². The SMILES string of the molecule is O=C(O)CC(c1cc(Br)c2c(c1)OCO2)N1CCCC1. The van der Waals surface area contributed by atoms with Crippen LogP contribution in [0.2, 0.25) is 0 Å². The van der Waals surface area contributed by atoms with Gasteiger partial charge < -0.3 is 14.6 Å². The van der Waals surface area contributed by atoms with Gasteiger partial charge in [0.1, 0.15) is 0 Å². The Kier molecular flexibility index (Phi) is 3.85. The molecule has 2 aliphatic rings. The van der Waals surface area contributed by atoms with E-state index in [-0.39, 0.29) is 19.3 Å². The van der Waals surface area contributed by atoms with Crippen LogP contribution < -0.4 is 9.47 Å². The largest absolute Gasteiger partial charge is 0.481 e. The molecule has 1 N–H and O–H groups in total. The molecule has 1 fully saturated rings. The van der Waals surface area contributed by atoms with Crippen molar-refractivity contribution in [3.63, 3.8) is 0 Å². The van der Waals surface area contributed by atoms with Gasteiger partial charge in [-0.25, -0.2) is 0 Å². The standard InChI is InChI=1S/C14H16BrNO4/c15-10-5-9(6-12-14(10)20-8-19-12)11(7-13(17)18)16-3-1-2-4-16/h5-6,11H,1-4,7-8H2,(H,17,18). The van der Waals surface area contributed by atoms with Gasteiger partial charge in [-0.3, -0.25) is 9.69 Å². The lowest BCUT2D eigenvalue weighted by molar-refractivity contribution is -0.138. The van der Waals surface area contributed by atoms with Gasteiger partial charge in [0.05, 0.1) is 10.9 Å². The first-order chi connectivity index (χ1) is 9.65. The Balaban J connectivity index is 1.94. The third-order valence-electron chi connectivity index (χ3n) is 3.78. The second kappa shape index (κ2) is 5.61. The average Bonchev–Trinajstić information content (AvgIpc) is 3.06. The van der Waals surface area contributed by atoms with E-state index < -0.39 is 5.97 Å². The van der Waals surface area contributed by atoms with Gasteiger partial charge in [0.25, 0.3) is 0 Å². The molecule has 1 unspecified atom stereocenters. The van der Waals surface area contributed by atoms with Crippen LogP contribution >= 0.6 is 15.9 Å². The number of hydrogen-bond donors (Lipinski definition) is 1. The summed E-state index contributed by atoms with van der Waals surface area (Å²) in [5.74, 6) is 0.601. The minimum Gasteiger partial charge on any atom is -0.481 e. The number of carboxylic acids is 1. The van der Waals surface area contributed by atoms with Crippen LogP contribution in [0.5, 0.6) is 11.5 Å². The normalized spacial score (nSPS) is 19.2. The molecule has 0 amide bonds. The van der Waals surface area contributed by atoms with Gasteiger partial charge in [-0.1, -0.05) is 0 Å². The maximum Gasteiger partial charge on any atom is 0.305 e. The minimum absolute atomic E-state index is 0.103. The average molecular weight is 342 g/mol. The van der Waals surface area contributed by atoms with E-state index in [1.165, 1.54) is 0 Å². The summed E-state index contributed by atoms with van der Waals surface area (Å²) in [4.78, 5) is 13.4. The van der Waals surface area contributed by atoms with E-state index in [9.17, 15) is 9.90 Å². The predicted molar refractivity (Wildman–Crippen MR) is 76.1 cm³/mol. The number of nitrogens with zero attached hydrogens (tertiary/aromatic N) is 1. The Morgan fingerprint density at radius 1 is 1.35 bits per heavy atom. The van der Waals surface area contributed by atoms with Crippen molar-refractivity contribution in [3.05, 3.63) is 22.2 Å². The van der Waals surface area contributed by atoms with Crippen LogP contribution in [-0.2, 0) is 4.79 Å². The highest BCUT2D eigenvalue weighted by molar-refractivity contribution is 9.10. The molecule has 6 heteroatoms. The Bertz CT molecular complexity index is 528. The number of hydrogen-bond acceptors (Lipinski definition) is 4. The number of halogens is 1. The Hall–Kier alpha value is -1.27. The molecule has 1 saturated heterocycles. The number of carbonyl (C=O) groups is 1. The molecule has 2 heterocycles. The summed E-state index contributed by atoms with van der Waals surface area (Å²) >= 11 is 3.47. The summed E-state index contributed by atoms with van der Waals surface area (Å²) in [6.45, 7) is 2.11. The van der Waals surface area contributed by atoms with Gasteiger partial charge in [0.2, 0.25) is 6.79 Å². The second-order valence-electron chi connectivity index (χ2n) is 5.09. The molecule has 0 radical (unpaired) electrons. The molecular weight excluding hydrogens is 326 g/mol. The molecule has 1 aromatic rings. The fourth-order valence-electron chi connectivity index (χ4n) is 2.86. The van der Waals surface area contributed by atoms with Crippen molar-refractivity contribution >= 4 is 21.9 Å². The smallest absolute Gasteiger partial charge is 0.305 e. The zero-order valence-electron chi connectivity index (χ0n) is 11.0. The molecule has 2 aliphatic heterocycles. The molecule has 1 atom stereocenters. The molecule has 20 heavy (non-hydrogen) atoms. The first-order valence-electron chi connectivity index (χ1n) is 6.70. The third kappa shape index (κ3) is 2.62. The number of benzene rings is 1. The highest BCUT2D eigenvalue weighted by atomic mass is 79.9. The van der Waals surface area contributed by atoms with E-state index in [0.717, 1.165) is 36.0 Å². The van der Waals surface area contributed by atoms with Crippen molar-refractivity contribution in [1.82, 2.24) is 4.90 Å². The fraction of sp³-hybridized carbons (Fsp3) is 0.500. The monoisotopic (exact) mass is 341 g/mol. The van der Waals surface area contributed by atoms with Crippen LogP contribution in [0, 0.1) is 0 Å². The maximum atomic E-state index is 11.2. The number of carboxylic acid groups (broad SMARTS) is 1. The highest BCUT2D eigenvalue weighted by Crippen LogP contribution is 2.42. The Morgan fingerprint density at radius 3 is 2.80 bits per heavy atom. The fourth-order valence-corrected chi connectivity index (χ4v) is 3.43. The van der Waals surface area contributed by atoms with Crippen molar-refractivity contribution in [2.45, 2.75) is 25.3 Å². The topological polar surface area (TPSA) is 59.0 Å². The molecule has 108 valence electrons. The van der Waals surface area contributed by atoms with E-state index in [1.807, 2.05) is 12.1 Å². The molecule has 0 aliphatic carbocycles. The van der Waals surface area contributed by atoms with E-state index in [2.05, 4.69) is 20.8 Å². The number of aliphatic carboxylic acids is 1. The van der Waals surface area contributed by atoms with Crippen molar-refractivity contribution in [3.8, 4) is 11.5 Å². The lowest BCUT2D eigenvalue weighted by atomic mass is 10.0. The molecule has 0 bridgehead atoms. The number of fused-ring (bicyclic) bond motifs is 1. The summed E-state index contributed by atoms with van der Waals surface area (Å²) in [6.07, 6.45) is 2.36. The third-order valence-corrected chi connectivity index (χ3v) is 4.37. The van der Waals surface area contributed by atoms with Crippen LogP contribution in [0.25, 0.3) is 0 Å². The molecule has 5 nitrogen and oxygen atoms in total. The predicted octanol–water partition coefficient (Wildman–Crippen LogP) is 2.79. The quantitative estimate of drug-likeness (QED) is 0.912. The van der Waals surface area contributed by atoms with Crippen molar-refractivity contribution < 1.29 is 19.4 Å². The van der Waals surface area contributed by atoms with Crippen molar-refractivity contribution in [2.24, 2.45) is 0 Å². The van der Waals surface area contributed by atoms with Crippen LogP contribution in [0.3, 0.4) is 0 Å². The van der Waals surface area contributed by atoms with Crippen molar-refractivity contribution in [1.29, 1.82) is 0 Å². The molecule has 1 aromatic carbocycles. The summed E-state index contributed by atoms with van der Waals surface area (Å²) in [5.41, 5.74) is 0.963. The van der Waals surface area contributed by atoms with Crippen LogP contribution in [0.15, 0.2) is 16.6 Å². The first-order valence-corrected chi connectivity index (χ1v) is 7.49. The summed E-state index contributed by atoms with van der Waals surface area (Å²) < 4.78 is 11.6. The molecule has 3 rings (SSSR count). The summed E-state index contributed by atoms with van der Waals surface area (Å²) in [6, 6.07) is 3.74. The van der Waals surface area contributed by atoms with Gasteiger partial charge in [-0.2, -0.15) is 0 Å². The number of rotatable bonds is 4. The molecular formula is C14H16BrNO4. The lowest BCUT2D eigenvalue weighted by Gasteiger charge is -2.27. The Labute approximate surface area is 125 Å². The minimum atomic E-state index is -0.782. The van der Waals surface area contributed by atoms with Gasteiger partial charge in [-0.05, 0) is 59.6 Å². The highest BCUT2D eigenvalue weighted by Gasteiger charge is 2.28. The summed E-state index contributed by atoms with van der Waals surface area (Å²) in [7, 11) is 0. The second-order valence-corrected chi connectivity index (χ2v) is 5.95. The van der Waals surface area contributed by atoms with Crippen LogP contribution in [0.4, 0.5) is 0 Å². The lowest BCUT2D eigenvalue weighted by Crippen LogP contribution is -2.27. The molecule has 0 spiro atoms. The van der Waals surface area contributed by atoms with Gasteiger partial charge >= 0.3 is 5.97 Å². The zero-order valence-corrected chi connectivity index (χ0v) is 12.6. The number of ether oxygens (including phenoxy) is 2. The maximum absolute atomic E-state index is 11.2. The van der Waals surface area contributed by atoms with Gasteiger partial charge in [0, 0.05) is 6.04 Å². The van der Waals surface area contributed by atoms with Crippen LogP contribution in [-0.4, -0.2) is 35.9 Å². The zero-order chi connectivity index (χ0) is 14.1. The molecule has 0 saturated carbocycles. The van der Waals surface area contributed by atoms with E-state index in [0.29, 0.717) is 11.5 Å². The van der Waals surface area contributed by atoms with Crippen molar-refractivity contribution in [2.75, 3.05) is 19.9 Å². The van der Waals surface area contributed by atoms with E-state index in [4.69, 9.17) is 9.47 Å². The van der Waals surface area contributed by atoms with Gasteiger partial charge in [0.15, 0.2) is 11.5 Å². The Morgan fingerprint density at radius 2 is 2.10 bits per heavy atom.